The number of aliphatic hydroxyl groups is 3. The predicted octanol–water partition coefficient (Wildman–Crippen LogP) is 5.93. The van der Waals surface area contributed by atoms with Crippen LogP contribution in [-0.2, 0) is 28.5 Å². The van der Waals surface area contributed by atoms with Crippen LogP contribution in [0.25, 0.3) is 0 Å². The molecule has 0 aromatic rings. The van der Waals surface area contributed by atoms with E-state index in [1.807, 2.05) is 51.2 Å². The maximum Gasteiger partial charge on any atom is 0.293 e. The first-order valence-corrected chi connectivity index (χ1v) is 18.0. The van der Waals surface area contributed by atoms with Crippen LogP contribution in [0, 0.1) is 11.8 Å². The monoisotopic (exact) mass is 674 g/mol. The molecule has 0 amide bonds. The highest BCUT2D eigenvalue weighted by molar-refractivity contribution is 5.37. The highest BCUT2D eigenvalue weighted by Gasteiger charge is 2.39. The number of ether oxygens (including phenoxy) is 5. The summed E-state index contributed by atoms with van der Waals surface area (Å²) in [7, 11) is 1.77. The Hall–Kier alpha value is -2.11. The summed E-state index contributed by atoms with van der Waals surface area (Å²) in [5.74, 6) is 0.453. The fourth-order valence-corrected chi connectivity index (χ4v) is 6.64. The minimum Gasteiger partial charge on any atom is -0.464 e. The quantitative estimate of drug-likeness (QED) is 0.152. The fourth-order valence-electron chi connectivity index (χ4n) is 6.64. The van der Waals surface area contributed by atoms with Gasteiger partial charge in [-0.2, -0.15) is 0 Å². The van der Waals surface area contributed by atoms with Gasteiger partial charge in [0.15, 0.2) is 0 Å². The highest BCUT2D eigenvalue weighted by Crippen LogP contribution is 2.37. The molecule has 0 radical (unpaired) electrons. The molecule has 0 aromatic carbocycles. The normalized spacial score (nSPS) is 33.9. The number of allylic oxidation sites excluding steroid dienone is 3. The lowest BCUT2D eigenvalue weighted by Gasteiger charge is -2.33. The van der Waals surface area contributed by atoms with Crippen LogP contribution >= 0.6 is 0 Å². The minimum atomic E-state index is -0.599. The summed E-state index contributed by atoms with van der Waals surface area (Å²) in [6, 6.07) is 0. The van der Waals surface area contributed by atoms with Crippen molar-refractivity contribution >= 4 is 6.47 Å². The van der Waals surface area contributed by atoms with Crippen molar-refractivity contribution in [3.63, 3.8) is 0 Å². The third kappa shape index (κ3) is 13.0. The molecule has 3 aliphatic heterocycles. The van der Waals surface area contributed by atoms with E-state index in [1.54, 1.807) is 7.11 Å². The van der Waals surface area contributed by atoms with E-state index in [2.05, 4.69) is 26.0 Å². The number of carbonyl (C=O) groups is 1. The molecule has 9 heteroatoms. The van der Waals surface area contributed by atoms with E-state index >= 15 is 0 Å². The SMILES string of the molecule is CCC(C)C(O)C/C=C\C1CC(OC=O)CC(C/C=C(\C)[C@@H](O)C/C=C/C=C2\COC3C(O)C(C)=CCC23)O1.COC1CCOC(C)C1. The second kappa shape index (κ2) is 21.2. The molecule has 0 saturated carbocycles. The first-order valence-electron chi connectivity index (χ1n) is 18.0. The van der Waals surface area contributed by atoms with Gasteiger partial charge in [-0.15, -0.1) is 0 Å². The number of carbonyl (C=O) groups excluding carboxylic acids is 1. The van der Waals surface area contributed by atoms with Crippen molar-refractivity contribution in [3.8, 4) is 0 Å². The summed E-state index contributed by atoms with van der Waals surface area (Å²) in [5, 5.41) is 31.2. The first-order chi connectivity index (χ1) is 23.1. The van der Waals surface area contributed by atoms with Crippen molar-refractivity contribution < 1.29 is 43.8 Å². The molecular formula is C39H62O9. The van der Waals surface area contributed by atoms with E-state index in [0.29, 0.717) is 57.4 Å². The Morgan fingerprint density at radius 1 is 1.12 bits per heavy atom. The Labute approximate surface area is 288 Å². The Morgan fingerprint density at radius 3 is 2.60 bits per heavy atom. The van der Waals surface area contributed by atoms with Gasteiger partial charge in [-0.3, -0.25) is 4.79 Å². The van der Waals surface area contributed by atoms with E-state index in [1.165, 1.54) is 5.57 Å². The van der Waals surface area contributed by atoms with Gasteiger partial charge < -0.3 is 39.0 Å². The van der Waals surface area contributed by atoms with Crippen molar-refractivity contribution in [1.82, 2.24) is 0 Å². The van der Waals surface area contributed by atoms with Crippen LogP contribution < -0.4 is 0 Å². The molecule has 3 N–H and O–H groups in total. The van der Waals surface area contributed by atoms with Crippen LogP contribution in [0.1, 0.15) is 92.4 Å². The summed E-state index contributed by atoms with van der Waals surface area (Å²) in [6.45, 7) is 11.9. The molecule has 11 atom stereocenters. The number of fused-ring (bicyclic) bond motifs is 1. The maximum absolute atomic E-state index is 11.0. The third-order valence-corrected chi connectivity index (χ3v) is 10.3. The number of aliphatic hydroxyl groups excluding tert-OH is 3. The summed E-state index contributed by atoms with van der Waals surface area (Å²) < 4.78 is 27.8. The van der Waals surface area contributed by atoms with Crippen molar-refractivity contribution in [2.75, 3.05) is 20.3 Å². The maximum atomic E-state index is 11.0. The lowest BCUT2D eigenvalue weighted by molar-refractivity contribution is -0.144. The first kappa shape index (κ1) is 40.3. The number of methoxy groups -OCH3 is 1. The van der Waals surface area contributed by atoms with Gasteiger partial charge in [0, 0.05) is 32.5 Å². The molecule has 0 spiro atoms. The highest BCUT2D eigenvalue weighted by atomic mass is 16.5. The van der Waals surface area contributed by atoms with Crippen molar-refractivity contribution in [1.29, 1.82) is 0 Å². The Morgan fingerprint density at radius 2 is 1.92 bits per heavy atom. The summed E-state index contributed by atoms with van der Waals surface area (Å²) in [6.07, 6.45) is 19.5. The van der Waals surface area contributed by atoms with E-state index in [4.69, 9.17) is 23.7 Å². The van der Waals surface area contributed by atoms with Crippen LogP contribution in [0.2, 0.25) is 0 Å². The second-order valence-corrected chi connectivity index (χ2v) is 13.9. The van der Waals surface area contributed by atoms with E-state index in [9.17, 15) is 20.1 Å². The van der Waals surface area contributed by atoms with Gasteiger partial charge in [0.1, 0.15) is 12.2 Å². The van der Waals surface area contributed by atoms with Crippen LogP contribution in [0.5, 0.6) is 0 Å². The second-order valence-electron chi connectivity index (χ2n) is 13.9. The standard InChI is InChI=1S/C32H48O7.C7H14O2/c1-5-21(2)29(34)12-8-10-25-17-27(38-20-33)18-26(39-25)15-13-22(3)30(35)11-7-6-9-24-19-37-32-28(24)16-14-23(4)31(32)36;1-6-5-7(8-2)3-4-9-6/h6-10,13-14,20-21,25-32,34-36H,5,11-12,15-19H2,1-4H3;6-7H,3-5H2,1-2H3/b7-6+,10-8-,22-13+,24-9+;/t21?,25?,26?,27?,28?,29?,30-,31?,32?;/m0./s1. The molecule has 272 valence electrons. The third-order valence-electron chi connectivity index (χ3n) is 10.3. The topological polar surface area (TPSA) is 124 Å². The molecule has 1 aliphatic carbocycles. The zero-order valence-corrected chi connectivity index (χ0v) is 30.0. The summed E-state index contributed by atoms with van der Waals surface area (Å²) in [5.41, 5.74) is 3.03. The van der Waals surface area contributed by atoms with Gasteiger partial charge in [-0.1, -0.05) is 62.8 Å². The van der Waals surface area contributed by atoms with Crippen LogP contribution in [-0.4, -0.2) is 97.1 Å². The predicted molar refractivity (Wildman–Crippen MR) is 187 cm³/mol. The average molecular weight is 675 g/mol. The molecule has 4 rings (SSSR count). The van der Waals surface area contributed by atoms with Crippen molar-refractivity contribution in [2.45, 2.75) is 147 Å². The van der Waals surface area contributed by atoms with Gasteiger partial charge in [-0.25, -0.2) is 0 Å². The summed E-state index contributed by atoms with van der Waals surface area (Å²) in [4.78, 5) is 11.0. The molecule has 4 aliphatic rings. The number of hydrogen-bond acceptors (Lipinski definition) is 9. The Kier molecular flexibility index (Phi) is 17.8. The molecule has 9 nitrogen and oxygen atoms in total. The Bertz CT molecular complexity index is 1110. The van der Waals surface area contributed by atoms with E-state index < -0.39 is 12.2 Å². The molecule has 10 unspecified atom stereocenters. The summed E-state index contributed by atoms with van der Waals surface area (Å²) >= 11 is 0. The zero-order chi connectivity index (χ0) is 35.1. The molecule has 48 heavy (non-hydrogen) atoms. The molecular weight excluding hydrogens is 612 g/mol. The van der Waals surface area contributed by atoms with Crippen molar-refractivity contribution in [3.05, 3.63) is 59.3 Å². The molecule has 3 heterocycles. The van der Waals surface area contributed by atoms with Crippen molar-refractivity contribution in [2.24, 2.45) is 11.8 Å². The van der Waals surface area contributed by atoms with Crippen LogP contribution in [0.4, 0.5) is 0 Å². The number of hydrogen-bond donors (Lipinski definition) is 3. The molecule has 3 saturated heterocycles. The average Bonchev–Trinajstić information content (AvgIpc) is 3.50. The van der Waals surface area contributed by atoms with Gasteiger partial charge in [0.2, 0.25) is 0 Å². The minimum absolute atomic E-state index is 0.126. The zero-order valence-electron chi connectivity index (χ0n) is 30.0. The lowest BCUT2D eigenvalue weighted by atomic mass is 9.82. The van der Waals surface area contributed by atoms with Gasteiger partial charge in [0.05, 0.1) is 49.3 Å². The number of rotatable bonds is 14. The molecule has 0 bridgehead atoms. The lowest BCUT2D eigenvalue weighted by Crippen LogP contribution is -2.36. The molecule has 3 fully saturated rings. The Balaban J connectivity index is 0.000000598. The van der Waals surface area contributed by atoms with Crippen LogP contribution in [0.3, 0.4) is 0 Å². The van der Waals surface area contributed by atoms with Gasteiger partial charge in [0.25, 0.3) is 6.47 Å². The largest absolute Gasteiger partial charge is 0.464 e. The fraction of sp³-hybridized carbons (Fsp3) is 0.718. The molecule has 0 aromatic heterocycles. The van der Waals surface area contributed by atoms with E-state index in [0.717, 1.165) is 43.4 Å². The van der Waals surface area contributed by atoms with Gasteiger partial charge >= 0.3 is 0 Å². The smallest absolute Gasteiger partial charge is 0.293 e. The van der Waals surface area contributed by atoms with E-state index in [-0.39, 0.29) is 42.4 Å². The van der Waals surface area contributed by atoms with Gasteiger partial charge in [-0.05, 0) is 81.9 Å². The van der Waals surface area contributed by atoms with Crippen LogP contribution in [0.15, 0.2) is 59.3 Å².